The van der Waals surface area contributed by atoms with Gasteiger partial charge in [-0.25, -0.2) is 0 Å². The molecule has 1 aromatic heterocycles. The monoisotopic (exact) mass is 247 g/mol. The molecule has 1 N–H and O–H groups in total. The van der Waals surface area contributed by atoms with Crippen molar-refractivity contribution in [2.75, 3.05) is 24.5 Å². The lowest BCUT2D eigenvalue weighted by molar-refractivity contribution is 0.494. The van der Waals surface area contributed by atoms with Gasteiger partial charge in [0.15, 0.2) is 0 Å². The van der Waals surface area contributed by atoms with E-state index in [1.165, 1.54) is 17.7 Å². The van der Waals surface area contributed by atoms with Gasteiger partial charge >= 0.3 is 0 Å². The molecule has 0 aliphatic carbocycles. The van der Waals surface area contributed by atoms with Crippen molar-refractivity contribution in [3.63, 3.8) is 0 Å². The van der Waals surface area contributed by atoms with Crippen LogP contribution in [0.4, 0.5) is 5.69 Å². The lowest BCUT2D eigenvalue weighted by Gasteiger charge is -2.21. The molecule has 1 aromatic rings. The third-order valence-electron chi connectivity index (χ3n) is 3.96. The molecule has 0 saturated carbocycles. The molecule has 1 fully saturated rings. The van der Waals surface area contributed by atoms with Crippen LogP contribution in [0.5, 0.6) is 0 Å². The first-order chi connectivity index (χ1) is 8.72. The zero-order chi connectivity index (χ0) is 13.0. The number of aromatic nitrogens is 1. The van der Waals surface area contributed by atoms with Crippen molar-refractivity contribution in [2.24, 2.45) is 11.8 Å². The van der Waals surface area contributed by atoms with Gasteiger partial charge in [0.05, 0.1) is 11.9 Å². The maximum absolute atomic E-state index is 4.30. The van der Waals surface area contributed by atoms with Crippen molar-refractivity contribution in [3.8, 4) is 0 Å². The van der Waals surface area contributed by atoms with Gasteiger partial charge in [-0.3, -0.25) is 4.98 Å². The first kappa shape index (κ1) is 13.3. The van der Waals surface area contributed by atoms with Crippen LogP contribution in [0.1, 0.15) is 32.8 Å². The molecule has 100 valence electrons. The summed E-state index contributed by atoms with van der Waals surface area (Å²) >= 11 is 0. The average molecular weight is 247 g/mol. The topological polar surface area (TPSA) is 28.2 Å². The maximum Gasteiger partial charge on any atom is 0.0598 e. The fourth-order valence-corrected chi connectivity index (χ4v) is 2.58. The highest BCUT2D eigenvalue weighted by Gasteiger charge is 2.27. The van der Waals surface area contributed by atoms with Crippen LogP contribution in [0.3, 0.4) is 0 Å². The number of anilines is 1. The second kappa shape index (κ2) is 6.19. The van der Waals surface area contributed by atoms with Gasteiger partial charge in [-0.1, -0.05) is 20.8 Å². The Morgan fingerprint density at radius 1 is 1.33 bits per heavy atom. The fourth-order valence-electron chi connectivity index (χ4n) is 2.58. The molecular weight excluding hydrogens is 222 g/mol. The van der Waals surface area contributed by atoms with E-state index in [0.717, 1.165) is 38.0 Å². The largest absolute Gasteiger partial charge is 0.369 e. The summed E-state index contributed by atoms with van der Waals surface area (Å²) in [5, 5.41) is 3.48. The zero-order valence-corrected chi connectivity index (χ0v) is 11.8. The fraction of sp³-hybridized carbons (Fsp3) is 0.667. The smallest absolute Gasteiger partial charge is 0.0598 e. The van der Waals surface area contributed by atoms with Gasteiger partial charge in [0, 0.05) is 25.8 Å². The average Bonchev–Trinajstić information content (AvgIpc) is 2.70. The van der Waals surface area contributed by atoms with Crippen molar-refractivity contribution >= 4 is 5.69 Å². The minimum atomic E-state index is 0.779. The van der Waals surface area contributed by atoms with E-state index in [4.69, 9.17) is 0 Å². The van der Waals surface area contributed by atoms with Crippen molar-refractivity contribution in [1.29, 1.82) is 0 Å². The van der Waals surface area contributed by atoms with Crippen LogP contribution in [0.25, 0.3) is 0 Å². The van der Waals surface area contributed by atoms with Crippen molar-refractivity contribution in [1.82, 2.24) is 10.3 Å². The Morgan fingerprint density at radius 2 is 2.06 bits per heavy atom. The van der Waals surface area contributed by atoms with E-state index < -0.39 is 0 Å². The molecule has 3 heteroatoms. The van der Waals surface area contributed by atoms with Gasteiger partial charge in [0.2, 0.25) is 0 Å². The Kier molecular flexibility index (Phi) is 4.59. The number of nitrogens with zero attached hydrogens (tertiary/aromatic N) is 2. The Hall–Kier alpha value is -1.09. The van der Waals surface area contributed by atoms with Crippen LogP contribution in [0, 0.1) is 11.8 Å². The molecule has 1 aliphatic rings. The lowest BCUT2D eigenvalue weighted by atomic mass is 10.0. The van der Waals surface area contributed by atoms with Crippen LogP contribution in [-0.4, -0.2) is 24.6 Å². The van der Waals surface area contributed by atoms with Crippen molar-refractivity contribution in [3.05, 3.63) is 24.0 Å². The molecule has 0 aromatic carbocycles. The molecule has 1 aliphatic heterocycles. The van der Waals surface area contributed by atoms with Gasteiger partial charge in [0.25, 0.3) is 0 Å². The number of nitrogens with one attached hydrogen (secondary N) is 1. The second-order valence-corrected chi connectivity index (χ2v) is 5.54. The van der Waals surface area contributed by atoms with Gasteiger partial charge in [-0.2, -0.15) is 0 Å². The number of pyridine rings is 1. The molecule has 3 nitrogen and oxygen atoms in total. The standard InChI is InChI=1S/C15H25N3/c1-4-6-16-8-14-5-7-17-9-15(14)18-10-12(2)13(3)11-18/h5,7,9,12-13,16H,4,6,8,10-11H2,1-3H3. The first-order valence-electron chi connectivity index (χ1n) is 7.11. The van der Waals surface area contributed by atoms with E-state index in [0.29, 0.717) is 0 Å². The van der Waals surface area contributed by atoms with E-state index in [9.17, 15) is 0 Å². The highest BCUT2D eigenvalue weighted by molar-refractivity contribution is 5.52. The van der Waals surface area contributed by atoms with E-state index in [-0.39, 0.29) is 0 Å². The molecule has 2 heterocycles. The van der Waals surface area contributed by atoms with Crippen LogP contribution in [0.15, 0.2) is 18.5 Å². The molecule has 2 atom stereocenters. The van der Waals surface area contributed by atoms with Crippen molar-refractivity contribution < 1.29 is 0 Å². The summed E-state index contributed by atoms with van der Waals surface area (Å²) in [7, 11) is 0. The molecule has 0 amide bonds. The summed E-state index contributed by atoms with van der Waals surface area (Å²) in [4.78, 5) is 6.79. The van der Waals surface area contributed by atoms with Crippen LogP contribution < -0.4 is 10.2 Å². The Labute approximate surface area is 111 Å². The Morgan fingerprint density at radius 3 is 2.72 bits per heavy atom. The molecule has 2 unspecified atom stereocenters. The third-order valence-corrected chi connectivity index (χ3v) is 3.96. The maximum atomic E-state index is 4.30. The molecule has 0 radical (unpaired) electrons. The number of rotatable bonds is 5. The zero-order valence-electron chi connectivity index (χ0n) is 11.8. The van der Waals surface area contributed by atoms with E-state index in [1.54, 1.807) is 0 Å². The summed E-state index contributed by atoms with van der Waals surface area (Å²) in [6.07, 6.45) is 5.10. The van der Waals surface area contributed by atoms with Crippen LogP contribution in [0.2, 0.25) is 0 Å². The van der Waals surface area contributed by atoms with Crippen LogP contribution >= 0.6 is 0 Å². The normalized spacial score (nSPS) is 23.6. The minimum Gasteiger partial charge on any atom is -0.369 e. The SMILES string of the molecule is CCCNCc1ccncc1N1CC(C)C(C)C1. The predicted molar refractivity (Wildman–Crippen MR) is 76.8 cm³/mol. The Balaban J connectivity index is 2.07. The minimum absolute atomic E-state index is 0.779. The molecule has 18 heavy (non-hydrogen) atoms. The summed E-state index contributed by atoms with van der Waals surface area (Å²) < 4.78 is 0. The highest BCUT2D eigenvalue weighted by atomic mass is 15.2. The van der Waals surface area contributed by atoms with E-state index >= 15 is 0 Å². The lowest BCUT2D eigenvalue weighted by Crippen LogP contribution is -2.23. The van der Waals surface area contributed by atoms with Gasteiger partial charge in [0.1, 0.15) is 0 Å². The van der Waals surface area contributed by atoms with Crippen LogP contribution in [-0.2, 0) is 6.54 Å². The third kappa shape index (κ3) is 3.02. The quantitative estimate of drug-likeness (QED) is 0.811. The Bertz CT molecular complexity index is 368. The molecule has 0 spiro atoms. The highest BCUT2D eigenvalue weighted by Crippen LogP contribution is 2.29. The number of hydrogen-bond donors (Lipinski definition) is 1. The summed E-state index contributed by atoms with van der Waals surface area (Å²) in [5.74, 6) is 1.56. The first-order valence-corrected chi connectivity index (χ1v) is 7.11. The van der Waals surface area contributed by atoms with E-state index in [1.807, 2.05) is 12.4 Å². The van der Waals surface area contributed by atoms with Gasteiger partial charge in [-0.05, 0) is 36.4 Å². The van der Waals surface area contributed by atoms with Crippen molar-refractivity contribution in [2.45, 2.75) is 33.7 Å². The number of hydrogen-bond acceptors (Lipinski definition) is 3. The summed E-state index contributed by atoms with van der Waals surface area (Å²) in [5.41, 5.74) is 2.69. The molecular formula is C15H25N3. The summed E-state index contributed by atoms with van der Waals surface area (Å²) in [6, 6.07) is 2.14. The molecule has 1 saturated heterocycles. The predicted octanol–water partition coefficient (Wildman–Crippen LogP) is 2.67. The molecule has 2 rings (SSSR count). The van der Waals surface area contributed by atoms with E-state index in [2.05, 4.69) is 42.0 Å². The van der Waals surface area contributed by atoms with Gasteiger partial charge in [-0.15, -0.1) is 0 Å². The summed E-state index contributed by atoms with van der Waals surface area (Å²) in [6.45, 7) is 11.2. The van der Waals surface area contributed by atoms with Gasteiger partial charge < -0.3 is 10.2 Å². The second-order valence-electron chi connectivity index (χ2n) is 5.54. The molecule has 0 bridgehead atoms.